The van der Waals surface area contributed by atoms with Crippen molar-refractivity contribution >= 4 is 33.4 Å². The number of aryl methyl sites for hydroxylation is 1. The number of benzene rings is 1. The van der Waals surface area contributed by atoms with Gasteiger partial charge in [-0.05, 0) is 52.7 Å². The van der Waals surface area contributed by atoms with Crippen LogP contribution in [0, 0.1) is 12.7 Å². The Morgan fingerprint density at radius 3 is 2.84 bits per heavy atom. The van der Waals surface area contributed by atoms with Crippen molar-refractivity contribution in [1.29, 1.82) is 0 Å². The molecule has 0 radical (unpaired) electrons. The van der Waals surface area contributed by atoms with E-state index in [1.54, 1.807) is 25.1 Å². The van der Waals surface area contributed by atoms with Crippen LogP contribution in [0.5, 0.6) is 0 Å². The third kappa shape index (κ3) is 3.08. The number of aromatic carboxylic acids is 1. The molecule has 0 saturated carbocycles. The van der Waals surface area contributed by atoms with Gasteiger partial charge in [-0.15, -0.1) is 0 Å². The monoisotopic (exact) mass is 324 g/mol. The summed E-state index contributed by atoms with van der Waals surface area (Å²) in [6.07, 6.45) is 0. The zero-order chi connectivity index (χ0) is 14.0. The summed E-state index contributed by atoms with van der Waals surface area (Å²) in [5.41, 5.74) is 1.30. The van der Waals surface area contributed by atoms with Gasteiger partial charge < -0.3 is 10.4 Å². The van der Waals surface area contributed by atoms with Crippen LogP contribution in [-0.4, -0.2) is 16.1 Å². The minimum absolute atomic E-state index is 0.0520. The number of aromatic nitrogens is 1. The molecule has 1 heterocycles. The zero-order valence-electron chi connectivity index (χ0n) is 9.95. The summed E-state index contributed by atoms with van der Waals surface area (Å²) in [6.45, 7) is 1.75. The second kappa shape index (κ2) is 5.36. The number of carboxylic acid groups (broad SMARTS) is 1. The van der Waals surface area contributed by atoms with E-state index in [4.69, 9.17) is 5.11 Å². The van der Waals surface area contributed by atoms with E-state index in [-0.39, 0.29) is 11.5 Å². The molecule has 0 aliphatic carbocycles. The molecule has 0 aliphatic heterocycles. The van der Waals surface area contributed by atoms with Gasteiger partial charge in [-0.2, -0.15) is 0 Å². The molecule has 0 fully saturated rings. The molecule has 0 amide bonds. The van der Waals surface area contributed by atoms with Crippen LogP contribution in [0.3, 0.4) is 0 Å². The van der Waals surface area contributed by atoms with Gasteiger partial charge in [0.05, 0.1) is 4.47 Å². The van der Waals surface area contributed by atoms with Gasteiger partial charge in [0, 0.05) is 5.69 Å². The minimum atomic E-state index is -1.10. The maximum absolute atomic E-state index is 13.3. The van der Waals surface area contributed by atoms with E-state index < -0.39 is 5.97 Å². The van der Waals surface area contributed by atoms with Gasteiger partial charge in [-0.3, -0.25) is 0 Å². The fraction of sp³-hybridized carbons (Fsp3) is 0.0769. The van der Waals surface area contributed by atoms with Crippen molar-refractivity contribution in [3.05, 3.63) is 51.9 Å². The minimum Gasteiger partial charge on any atom is -0.477 e. The highest BCUT2D eigenvalue weighted by Gasteiger charge is 2.08. The molecular weight excluding hydrogens is 315 g/mol. The van der Waals surface area contributed by atoms with Gasteiger partial charge in [0.15, 0.2) is 5.69 Å². The first kappa shape index (κ1) is 13.5. The van der Waals surface area contributed by atoms with Crippen molar-refractivity contribution < 1.29 is 14.3 Å². The van der Waals surface area contributed by atoms with Crippen LogP contribution in [0.4, 0.5) is 15.9 Å². The highest BCUT2D eigenvalue weighted by molar-refractivity contribution is 9.10. The standard InChI is InChI=1S/C13H10BrFN2O2/c1-7-5-9(15)8(14)6-11(7)17-12-4-2-3-10(16-12)13(18)19/h2-6H,1H3,(H,16,17)(H,18,19). The van der Waals surface area contributed by atoms with Gasteiger partial charge in [0.25, 0.3) is 0 Å². The van der Waals surface area contributed by atoms with Crippen molar-refractivity contribution in [2.24, 2.45) is 0 Å². The first-order valence-electron chi connectivity index (χ1n) is 5.40. The lowest BCUT2D eigenvalue weighted by Gasteiger charge is -2.10. The predicted molar refractivity (Wildman–Crippen MR) is 73.3 cm³/mol. The first-order chi connectivity index (χ1) is 8.97. The van der Waals surface area contributed by atoms with E-state index in [0.29, 0.717) is 21.5 Å². The molecule has 2 N–H and O–H groups in total. The number of hydrogen-bond acceptors (Lipinski definition) is 3. The molecule has 0 bridgehead atoms. The SMILES string of the molecule is Cc1cc(F)c(Br)cc1Nc1cccc(C(=O)O)n1. The molecule has 0 aliphatic rings. The number of hydrogen-bond donors (Lipinski definition) is 2. The molecule has 0 saturated heterocycles. The average molecular weight is 325 g/mol. The largest absolute Gasteiger partial charge is 0.477 e. The number of anilines is 2. The van der Waals surface area contributed by atoms with Crippen molar-refractivity contribution in [2.75, 3.05) is 5.32 Å². The van der Waals surface area contributed by atoms with Gasteiger partial charge in [0.2, 0.25) is 0 Å². The number of carboxylic acids is 1. The summed E-state index contributed by atoms with van der Waals surface area (Å²) < 4.78 is 13.6. The molecule has 1 aromatic heterocycles. The molecule has 4 nitrogen and oxygen atoms in total. The lowest BCUT2D eigenvalue weighted by Crippen LogP contribution is -2.03. The average Bonchev–Trinajstić information content (AvgIpc) is 2.36. The van der Waals surface area contributed by atoms with E-state index in [1.165, 1.54) is 12.1 Å². The maximum atomic E-state index is 13.3. The van der Waals surface area contributed by atoms with Crippen LogP contribution >= 0.6 is 15.9 Å². The molecular formula is C13H10BrFN2O2. The molecule has 19 heavy (non-hydrogen) atoms. The Morgan fingerprint density at radius 2 is 2.16 bits per heavy atom. The van der Waals surface area contributed by atoms with Gasteiger partial charge in [0.1, 0.15) is 11.6 Å². The summed E-state index contributed by atoms with van der Waals surface area (Å²) >= 11 is 3.10. The first-order valence-corrected chi connectivity index (χ1v) is 6.19. The Morgan fingerprint density at radius 1 is 1.42 bits per heavy atom. The smallest absolute Gasteiger partial charge is 0.354 e. The van der Waals surface area contributed by atoms with Crippen LogP contribution < -0.4 is 5.32 Å². The van der Waals surface area contributed by atoms with Crippen molar-refractivity contribution in [2.45, 2.75) is 6.92 Å². The van der Waals surface area contributed by atoms with Gasteiger partial charge in [-0.25, -0.2) is 14.2 Å². The summed E-state index contributed by atoms with van der Waals surface area (Å²) in [7, 11) is 0. The topological polar surface area (TPSA) is 62.2 Å². The lowest BCUT2D eigenvalue weighted by molar-refractivity contribution is 0.0690. The van der Waals surface area contributed by atoms with Crippen LogP contribution in [0.2, 0.25) is 0 Å². The normalized spacial score (nSPS) is 10.3. The molecule has 2 aromatic rings. The van der Waals surface area contributed by atoms with Crippen LogP contribution in [0.15, 0.2) is 34.8 Å². The quantitative estimate of drug-likeness (QED) is 0.902. The summed E-state index contributed by atoms with van der Waals surface area (Å²) in [4.78, 5) is 14.8. The summed E-state index contributed by atoms with van der Waals surface area (Å²) in [5, 5.41) is 11.8. The van der Waals surface area contributed by atoms with E-state index >= 15 is 0 Å². The second-order valence-electron chi connectivity index (χ2n) is 3.92. The Hall–Kier alpha value is -1.95. The lowest BCUT2D eigenvalue weighted by atomic mass is 10.2. The number of nitrogens with zero attached hydrogens (tertiary/aromatic N) is 1. The zero-order valence-corrected chi connectivity index (χ0v) is 11.5. The molecule has 6 heteroatoms. The van der Waals surface area contributed by atoms with Crippen LogP contribution in [0.1, 0.15) is 16.1 Å². The van der Waals surface area contributed by atoms with Gasteiger partial charge >= 0.3 is 5.97 Å². The van der Waals surface area contributed by atoms with E-state index in [9.17, 15) is 9.18 Å². The molecule has 1 aromatic carbocycles. The number of carbonyl (C=O) groups is 1. The molecule has 2 rings (SSSR count). The van der Waals surface area contributed by atoms with Crippen molar-refractivity contribution in [1.82, 2.24) is 4.98 Å². The number of pyridine rings is 1. The number of halogens is 2. The summed E-state index contributed by atoms with van der Waals surface area (Å²) in [5.74, 6) is -1.06. The Balaban J connectivity index is 2.33. The van der Waals surface area contributed by atoms with Crippen molar-refractivity contribution in [3.63, 3.8) is 0 Å². The Kier molecular flexibility index (Phi) is 3.80. The van der Waals surface area contributed by atoms with Crippen LogP contribution in [0.25, 0.3) is 0 Å². The van der Waals surface area contributed by atoms with E-state index in [1.807, 2.05) is 0 Å². The van der Waals surface area contributed by atoms with Crippen LogP contribution in [-0.2, 0) is 0 Å². The van der Waals surface area contributed by atoms with Gasteiger partial charge in [-0.1, -0.05) is 6.07 Å². The molecule has 98 valence electrons. The molecule has 0 atom stereocenters. The third-order valence-electron chi connectivity index (χ3n) is 2.50. The number of nitrogens with one attached hydrogen (secondary N) is 1. The molecule has 0 unspecified atom stereocenters. The van der Waals surface area contributed by atoms with E-state index in [2.05, 4.69) is 26.2 Å². The fourth-order valence-corrected chi connectivity index (χ4v) is 1.89. The highest BCUT2D eigenvalue weighted by Crippen LogP contribution is 2.26. The van der Waals surface area contributed by atoms with Crippen molar-refractivity contribution in [3.8, 4) is 0 Å². The Bertz CT molecular complexity index is 647. The molecule has 0 spiro atoms. The predicted octanol–water partition coefficient (Wildman–Crippen LogP) is 3.73. The van der Waals surface area contributed by atoms with E-state index in [0.717, 1.165) is 0 Å². The maximum Gasteiger partial charge on any atom is 0.354 e. The Labute approximate surface area is 117 Å². The second-order valence-corrected chi connectivity index (χ2v) is 4.77. The highest BCUT2D eigenvalue weighted by atomic mass is 79.9. The fourth-order valence-electron chi connectivity index (χ4n) is 1.54. The number of rotatable bonds is 3. The summed E-state index contributed by atoms with van der Waals surface area (Å²) in [6, 6.07) is 7.60. The third-order valence-corrected chi connectivity index (χ3v) is 3.11.